The molecule has 0 radical (unpaired) electrons. The molecule has 0 saturated carbocycles. The predicted molar refractivity (Wildman–Crippen MR) is 116 cm³/mol. The van der Waals surface area contributed by atoms with Gasteiger partial charge in [0.25, 0.3) is 0 Å². The van der Waals surface area contributed by atoms with Gasteiger partial charge in [0.2, 0.25) is 5.91 Å². The number of anilines is 1. The molecular weight excluding hydrogens is 377 g/mol. The van der Waals surface area contributed by atoms with Gasteiger partial charge in [-0.2, -0.15) is 0 Å². The molecule has 0 aliphatic carbocycles. The number of halogens is 1. The minimum Gasteiger partial charge on any atom is -0.309 e. The first-order valence-electron chi connectivity index (χ1n) is 9.71. The predicted octanol–water partition coefficient (Wildman–Crippen LogP) is 5.52. The number of hydrogen-bond acceptors (Lipinski definition) is 3. The average Bonchev–Trinajstić information content (AvgIpc) is 2.80. The molecule has 0 bridgehead atoms. The summed E-state index contributed by atoms with van der Waals surface area (Å²) in [4.78, 5) is 21.7. The Labute approximate surface area is 174 Å². The van der Waals surface area contributed by atoms with Gasteiger partial charge in [0.05, 0.1) is 11.9 Å². The van der Waals surface area contributed by atoms with Crippen molar-refractivity contribution < 1.29 is 9.18 Å². The van der Waals surface area contributed by atoms with Crippen molar-refractivity contribution in [2.24, 2.45) is 0 Å². The number of aryl methyl sites for hydroxylation is 1. The van der Waals surface area contributed by atoms with E-state index in [4.69, 9.17) is 4.98 Å². The molecule has 5 heteroatoms. The Morgan fingerprint density at radius 3 is 2.20 bits per heavy atom. The molecule has 1 heterocycles. The van der Waals surface area contributed by atoms with Gasteiger partial charge in [0, 0.05) is 17.5 Å². The molecule has 1 aromatic heterocycles. The van der Waals surface area contributed by atoms with Crippen molar-refractivity contribution in [2.75, 3.05) is 5.32 Å². The third-order valence-electron chi connectivity index (χ3n) is 4.70. The maximum Gasteiger partial charge on any atom is 0.225 e. The summed E-state index contributed by atoms with van der Waals surface area (Å²) >= 11 is 0. The number of benzene rings is 3. The number of carbonyl (C=O) groups is 1. The third-order valence-corrected chi connectivity index (χ3v) is 4.70. The standard InChI is InChI=1S/C25H20FN3O/c26-21-14-12-19(13-15-21)22-17-27-25(24(28-22)20-9-5-2-6-10-20)29-23(30)16-11-18-7-3-1-4-8-18/h1-10,12-15,17H,11,16H2,(H,27,29,30). The van der Waals surface area contributed by atoms with Crippen LogP contribution in [0, 0.1) is 5.82 Å². The number of rotatable bonds is 6. The molecule has 0 unspecified atom stereocenters. The van der Waals surface area contributed by atoms with Gasteiger partial charge in [-0.3, -0.25) is 4.79 Å². The summed E-state index contributed by atoms with van der Waals surface area (Å²) in [6, 6.07) is 25.5. The molecule has 3 aromatic carbocycles. The van der Waals surface area contributed by atoms with E-state index >= 15 is 0 Å². The van der Waals surface area contributed by atoms with E-state index in [2.05, 4.69) is 10.3 Å². The molecular formula is C25H20FN3O. The number of hydrogen-bond donors (Lipinski definition) is 1. The van der Waals surface area contributed by atoms with Crippen LogP contribution in [0.25, 0.3) is 22.5 Å². The van der Waals surface area contributed by atoms with Gasteiger partial charge in [-0.15, -0.1) is 0 Å². The van der Waals surface area contributed by atoms with Crippen LogP contribution in [-0.2, 0) is 11.2 Å². The van der Waals surface area contributed by atoms with Crippen molar-refractivity contribution in [1.29, 1.82) is 0 Å². The Morgan fingerprint density at radius 1 is 0.833 bits per heavy atom. The van der Waals surface area contributed by atoms with Gasteiger partial charge in [0.15, 0.2) is 5.82 Å². The summed E-state index contributed by atoms with van der Waals surface area (Å²) in [6.45, 7) is 0. The largest absolute Gasteiger partial charge is 0.309 e. The van der Waals surface area contributed by atoms with Crippen LogP contribution in [0.2, 0.25) is 0 Å². The van der Waals surface area contributed by atoms with Gasteiger partial charge in [-0.1, -0.05) is 60.7 Å². The summed E-state index contributed by atoms with van der Waals surface area (Å²) in [5.41, 5.74) is 3.88. The van der Waals surface area contributed by atoms with Crippen molar-refractivity contribution in [1.82, 2.24) is 9.97 Å². The number of amides is 1. The first-order chi connectivity index (χ1) is 14.7. The topological polar surface area (TPSA) is 54.9 Å². The molecule has 0 spiro atoms. The number of carbonyl (C=O) groups excluding carboxylic acids is 1. The van der Waals surface area contributed by atoms with E-state index in [1.165, 1.54) is 12.1 Å². The van der Waals surface area contributed by atoms with E-state index in [0.717, 1.165) is 16.7 Å². The summed E-state index contributed by atoms with van der Waals surface area (Å²) in [6.07, 6.45) is 2.58. The van der Waals surface area contributed by atoms with E-state index in [1.807, 2.05) is 60.7 Å². The highest BCUT2D eigenvalue weighted by Crippen LogP contribution is 2.27. The molecule has 4 rings (SSSR count). The average molecular weight is 397 g/mol. The first-order valence-corrected chi connectivity index (χ1v) is 9.71. The summed E-state index contributed by atoms with van der Waals surface area (Å²) in [7, 11) is 0. The van der Waals surface area contributed by atoms with E-state index in [-0.39, 0.29) is 11.7 Å². The Balaban J connectivity index is 1.60. The highest BCUT2D eigenvalue weighted by atomic mass is 19.1. The Morgan fingerprint density at radius 2 is 1.50 bits per heavy atom. The smallest absolute Gasteiger partial charge is 0.225 e. The van der Waals surface area contributed by atoms with Crippen LogP contribution in [0.5, 0.6) is 0 Å². The minimum atomic E-state index is -0.308. The lowest BCUT2D eigenvalue weighted by molar-refractivity contribution is -0.116. The van der Waals surface area contributed by atoms with Crippen molar-refractivity contribution >= 4 is 11.7 Å². The molecule has 30 heavy (non-hydrogen) atoms. The van der Waals surface area contributed by atoms with Crippen molar-refractivity contribution in [3.8, 4) is 22.5 Å². The van der Waals surface area contributed by atoms with Crippen LogP contribution in [0.3, 0.4) is 0 Å². The summed E-state index contributed by atoms with van der Waals surface area (Å²) in [5.74, 6) is -0.0257. The highest BCUT2D eigenvalue weighted by molar-refractivity contribution is 5.93. The Hall–Kier alpha value is -3.86. The number of nitrogens with one attached hydrogen (secondary N) is 1. The molecule has 4 nitrogen and oxygen atoms in total. The zero-order chi connectivity index (χ0) is 20.8. The van der Waals surface area contributed by atoms with Crippen molar-refractivity contribution in [2.45, 2.75) is 12.8 Å². The van der Waals surface area contributed by atoms with E-state index in [9.17, 15) is 9.18 Å². The second-order valence-corrected chi connectivity index (χ2v) is 6.86. The lowest BCUT2D eigenvalue weighted by atomic mass is 10.1. The zero-order valence-electron chi connectivity index (χ0n) is 16.3. The first kappa shape index (κ1) is 19.5. The molecule has 0 fully saturated rings. The number of aromatic nitrogens is 2. The van der Waals surface area contributed by atoms with Crippen LogP contribution in [0.15, 0.2) is 91.1 Å². The molecule has 0 saturated heterocycles. The van der Waals surface area contributed by atoms with Gasteiger partial charge in [0.1, 0.15) is 11.5 Å². The highest BCUT2D eigenvalue weighted by Gasteiger charge is 2.14. The van der Waals surface area contributed by atoms with Crippen LogP contribution in [0.1, 0.15) is 12.0 Å². The third kappa shape index (κ3) is 4.75. The quantitative estimate of drug-likeness (QED) is 0.466. The van der Waals surface area contributed by atoms with Gasteiger partial charge < -0.3 is 5.32 Å². The van der Waals surface area contributed by atoms with E-state index in [0.29, 0.717) is 30.0 Å². The zero-order valence-corrected chi connectivity index (χ0v) is 16.3. The van der Waals surface area contributed by atoms with Crippen LogP contribution in [0.4, 0.5) is 10.2 Å². The van der Waals surface area contributed by atoms with Crippen LogP contribution in [-0.4, -0.2) is 15.9 Å². The SMILES string of the molecule is O=C(CCc1ccccc1)Nc1ncc(-c2ccc(F)cc2)nc1-c1ccccc1. The van der Waals surface area contributed by atoms with Crippen molar-refractivity contribution in [3.05, 3.63) is 103 Å². The maximum absolute atomic E-state index is 13.3. The van der Waals surface area contributed by atoms with Gasteiger partial charge >= 0.3 is 0 Å². The molecule has 1 N–H and O–H groups in total. The molecule has 0 aliphatic rings. The monoisotopic (exact) mass is 397 g/mol. The lowest BCUT2D eigenvalue weighted by Gasteiger charge is -2.12. The second kappa shape index (κ2) is 9.09. The normalized spacial score (nSPS) is 10.6. The molecule has 0 aliphatic heterocycles. The fourth-order valence-electron chi connectivity index (χ4n) is 3.13. The van der Waals surface area contributed by atoms with E-state index in [1.54, 1.807) is 18.3 Å². The molecule has 148 valence electrons. The number of nitrogens with zero attached hydrogens (tertiary/aromatic N) is 2. The molecule has 4 aromatic rings. The Bertz CT molecular complexity index is 1130. The fraction of sp³-hybridized carbons (Fsp3) is 0.0800. The molecule has 1 amide bonds. The Kier molecular flexibility index (Phi) is 5.90. The lowest BCUT2D eigenvalue weighted by Crippen LogP contribution is -2.15. The summed E-state index contributed by atoms with van der Waals surface area (Å²) < 4.78 is 13.3. The summed E-state index contributed by atoms with van der Waals surface area (Å²) in [5, 5.41) is 2.89. The molecule has 0 atom stereocenters. The fourth-order valence-corrected chi connectivity index (χ4v) is 3.13. The maximum atomic E-state index is 13.3. The van der Waals surface area contributed by atoms with Crippen LogP contribution >= 0.6 is 0 Å². The van der Waals surface area contributed by atoms with Gasteiger partial charge in [-0.25, -0.2) is 14.4 Å². The minimum absolute atomic E-state index is 0.125. The van der Waals surface area contributed by atoms with Crippen LogP contribution < -0.4 is 5.32 Å². The second-order valence-electron chi connectivity index (χ2n) is 6.86. The van der Waals surface area contributed by atoms with Gasteiger partial charge in [-0.05, 0) is 36.2 Å². The van der Waals surface area contributed by atoms with E-state index < -0.39 is 0 Å². The van der Waals surface area contributed by atoms with Crippen molar-refractivity contribution in [3.63, 3.8) is 0 Å².